The number of rotatable bonds is 4. The van der Waals surface area contributed by atoms with Crippen LogP contribution < -0.4 is 5.32 Å². The smallest absolute Gasteiger partial charge is 0.255 e. The predicted octanol–water partition coefficient (Wildman–Crippen LogP) is 4.37. The summed E-state index contributed by atoms with van der Waals surface area (Å²) < 4.78 is 27.1. The first-order valence-electron chi connectivity index (χ1n) is 6.61. The van der Waals surface area contributed by atoms with Gasteiger partial charge in [0.2, 0.25) is 10.0 Å². The molecule has 0 fully saturated rings. The summed E-state index contributed by atoms with van der Waals surface area (Å²) in [5, 5.41) is 2.78. The Hall–Kier alpha value is -0.930. The molecule has 24 heavy (non-hydrogen) atoms. The van der Waals surface area contributed by atoms with Crippen LogP contribution in [0.1, 0.15) is 10.4 Å². The normalized spacial score (nSPS) is 11.6. The van der Waals surface area contributed by atoms with Crippen LogP contribution >= 0.6 is 43.5 Å². The van der Waals surface area contributed by atoms with Gasteiger partial charge in [0.25, 0.3) is 5.91 Å². The highest BCUT2D eigenvalue weighted by Crippen LogP contribution is 2.28. The van der Waals surface area contributed by atoms with Crippen molar-refractivity contribution in [2.45, 2.75) is 4.90 Å². The molecule has 0 bridgehead atoms. The molecule has 9 heteroatoms. The molecular weight excluding hydrogens is 484 g/mol. The average Bonchev–Trinajstić information content (AvgIpc) is 2.50. The lowest BCUT2D eigenvalue weighted by atomic mass is 10.2. The van der Waals surface area contributed by atoms with Gasteiger partial charge in [-0.1, -0.05) is 27.5 Å². The number of carbonyl (C=O) groups excluding carboxylic acids is 1. The Balaban J connectivity index is 2.37. The molecule has 2 aromatic rings. The van der Waals surface area contributed by atoms with Gasteiger partial charge >= 0.3 is 0 Å². The molecule has 0 radical (unpaired) electrons. The quantitative estimate of drug-likeness (QED) is 0.684. The predicted molar refractivity (Wildman–Crippen MR) is 102 cm³/mol. The fraction of sp³-hybridized carbons (Fsp3) is 0.133. The summed E-state index contributed by atoms with van der Waals surface area (Å²) in [4.78, 5) is 12.3. The van der Waals surface area contributed by atoms with Crippen molar-refractivity contribution in [1.29, 1.82) is 0 Å². The first-order valence-corrected chi connectivity index (χ1v) is 10.0. The number of carbonyl (C=O) groups is 1. The van der Waals surface area contributed by atoms with Gasteiger partial charge in [0, 0.05) is 28.6 Å². The van der Waals surface area contributed by atoms with Gasteiger partial charge in [-0.15, -0.1) is 0 Å². The molecule has 0 atom stereocenters. The molecular formula is C15H13Br2ClN2O3S. The molecule has 5 nitrogen and oxygen atoms in total. The Labute approximate surface area is 162 Å². The fourth-order valence-corrected chi connectivity index (χ4v) is 4.36. The summed E-state index contributed by atoms with van der Waals surface area (Å²) in [6.07, 6.45) is 0. The van der Waals surface area contributed by atoms with Crippen molar-refractivity contribution in [2.75, 3.05) is 19.4 Å². The minimum absolute atomic E-state index is 0.0603. The number of nitrogens with one attached hydrogen (secondary N) is 1. The summed E-state index contributed by atoms with van der Waals surface area (Å²) >= 11 is 12.7. The van der Waals surface area contributed by atoms with E-state index in [9.17, 15) is 13.2 Å². The molecule has 0 aliphatic carbocycles. The molecule has 0 spiro atoms. The Kier molecular flexibility index (Phi) is 6.09. The van der Waals surface area contributed by atoms with E-state index in [0.29, 0.717) is 10.2 Å². The summed E-state index contributed by atoms with van der Waals surface area (Å²) in [5.74, 6) is -0.440. The van der Waals surface area contributed by atoms with Crippen LogP contribution in [-0.2, 0) is 10.0 Å². The van der Waals surface area contributed by atoms with E-state index in [2.05, 4.69) is 37.2 Å². The third-order valence-electron chi connectivity index (χ3n) is 3.13. The monoisotopic (exact) mass is 494 g/mol. The van der Waals surface area contributed by atoms with Crippen LogP contribution in [0.4, 0.5) is 5.69 Å². The van der Waals surface area contributed by atoms with E-state index in [1.165, 1.54) is 32.3 Å². The number of hydrogen-bond donors (Lipinski definition) is 1. The van der Waals surface area contributed by atoms with Crippen molar-refractivity contribution in [3.05, 3.63) is 55.9 Å². The summed E-state index contributed by atoms with van der Waals surface area (Å²) in [7, 11) is -0.944. The molecule has 2 aromatic carbocycles. The second-order valence-corrected chi connectivity index (χ2v) is 9.31. The number of halogens is 3. The number of amides is 1. The van der Waals surface area contributed by atoms with E-state index < -0.39 is 15.9 Å². The van der Waals surface area contributed by atoms with Crippen LogP contribution in [0, 0.1) is 0 Å². The van der Waals surface area contributed by atoms with Crippen LogP contribution in [0.3, 0.4) is 0 Å². The van der Waals surface area contributed by atoms with Gasteiger partial charge in [0.1, 0.15) is 4.90 Å². The van der Waals surface area contributed by atoms with Crippen molar-refractivity contribution in [2.24, 2.45) is 0 Å². The largest absolute Gasteiger partial charge is 0.321 e. The van der Waals surface area contributed by atoms with Gasteiger partial charge in [0.15, 0.2) is 0 Å². The topological polar surface area (TPSA) is 66.5 Å². The maximum absolute atomic E-state index is 12.4. The van der Waals surface area contributed by atoms with E-state index >= 15 is 0 Å². The van der Waals surface area contributed by atoms with E-state index in [1.807, 2.05) is 0 Å². The highest BCUT2D eigenvalue weighted by atomic mass is 79.9. The van der Waals surface area contributed by atoms with Gasteiger partial charge in [-0.25, -0.2) is 12.7 Å². The molecule has 0 saturated carbocycles. The van der Waals surface area contributed by atoms with Gasteiger partial charge in [-0.2, -0.15) is 0 Å². The Morgan fingerprint density at radius 1 is 1.12 bits per heavy atom. The van der Waals surface area contributed by atoms with Crippen molar-refractivity contribution in [1.82, 2.24) is 4.31 Å². The lowest BCUT2D eigenvalue weighted by Crippen LogP contribution is -2.23. The van der Waals surface area contributed by atoms with Crippen LogP contribution in [0.25, 0.3) is 0 Å². The first kappa shape index (κ1) is 19.4. The standard InChI is InChI=1S/C15H13Br2ClN2O3S/c1-20(2)24(22,23)14-7-9(3-5-12(14)18)15(21)19-13-6-4-10(16)8-11(13)17/h3-8H,1-2H3,(H,19,21). The van der Waals surface area contributed by atoms with Crippen molar-refractivity contribution in [3.8, 4) is 0 Å². The molecule has 1 amide bonds. The number of hydrogen-bond acceptors (Lipinski definition) is 3. The third kappa shape index (κ3) is 4.18. The van der Waals surface area contributed by atoms with Crippen molar-refractivity contribution >= 4 is 65.1 Å². The molecule has 1 N–H and O–H groups in total. The van der Waals surface area contributed by atoms with Gasteiger partial charge in [0.05, 0.1) is 10.7 Å². The highest BCUT2D eigenvalue weighted by Gasteiger charge is 2.22. The van der Waals surface area contributed by atoms with Crippen LogP contribution in [0.2, 0.25) is 5.02 Å². The van der Waals surface area contributed by atoms with Gasteiger partial charge in [-0.05, 0) is 52.3 Å². The lowest BCUT2D eigenvalue weighted by Gasteiger charge is -2.14. The molecule has 0 aliphatic heterocycles. The Morgan fingerprint density at radius 2 is 1.79 bits per heavy atom. The zero-order valence-corrected chi connectivity index (χ0v) is 17.4. The van der Waals surface area contributed by atoms with Crippen LogP contribution in [0.5, 0.6) is 0 Å². The SMILES string of the molecule is CN(C)S(=O)(=O)c1cc(C(=O)Nc2ccc(Br)cc2Br)ccc1Cl. The summed E-state index contributed by atoms with van der Waals surface area (Å²) in [5.41, 5.74) is 0.754. The number of anilines is 1. The zero-order chi connectivity index (χ0) is 18.1. The summed E-state index contributed by atoms with van der Waals surface area (Å²) in [6, 6.07) is 9.42. The minimum Gasteiger partial charge on any atom is -0.321 e. The summed E-state index contributed by atoms with van der Waals surface area (Å²) in [6.45, 7) is 0. The van der Waals surface area contributed by atoms with Gasteiger partial charge in [-0.3, -0.25) is 4.79 Å². The van der Waals surface area contributed by atoms with Crippen LogP contribution in [0.15, 0.2) is 50.2 Å². The first-order chi connectivity index (χ1) is 11.1. The molecule has 0 aliphatic rings. The number of nitrogens with zero attached hydrogens (tertiary/aromatic N) is 1. The van der Waals surface area contributed by atoms with E-state index in [-0.39, 0.29) is 15.5 Å². The van der Waals surface area contributed by atoms with E-state index in [0.717, 1.165) is 8.78 Å². The highest BCUT2D eigenvalue weighted by molar-refractivity contribution is 9.11. The van der Waals surface area contributed by atoms with E-state index in [4.69, 9.17) is 11.6 Å². The number of benzene rings is 2. The van der Waals surface area contributed by atoms with Crippen molar-refractivity contribution < 1.29 is 13.2 Å². The zero-order valence-electron chi connectivity index (χ0n) is 12.7. The molecule has 128 valence electrons. The van der Waals surface area contributed by atoms with Crippen molar-refractivity contribution in [3.63, 3.8) is 0 Å². The van der Waals surface area contributed by atoms with Gasteiger partial charge < -0.3 is 5.32 Å². The molecule has 0 unspecified atom stereocenters. The molecule has 0 saturated heterocycles. The minimum atomic E-state index is -3.74. The fourth-order valence-electron chi connectivity index (χ4n) is 1.82. The third-order valence-corrected chi connectivity index (χ3v) is 6.58. The lowest BCUT2D eigenvalue weighted by molar-refractivity contribution is 0.102. The Bertz CT molecular complexity index is 902. The second kappa shape index (κ2) is 7.53. The molecule has 2 rings (SSSR count). The maximum atomic E-state index is 12.4. The number of sulfonamides is 1. The van der Waals surface area contributed by atoms with Crippen LogP contribution in [-0.4, -0.2) is 32.7 Å². The molecule has 0 aromatic heterocycles. The van der Waals surface area contributed by atoms with E-state index in [1.54, 1.807) is 18.2 Å². The Morgan fingerprint density at radius 3 is 2.38 bits per heavy atom. The average molecular weight is 497 g/mol. The maximum Gasteiger partial charge on any atom is 0.255 e. The molecule has 0 heterocycles. The second-order valence-electron chi connectivity index (χ2n) is 5.01.